The molecule has 0 spiro atoms. The van der Waals surface area contributed by atoms with Gasteiger partial charge >= 0.3 is 0 Å². The topological polar surface area (TPSA) is 38.7 Å². The highest BCUT2D eigenvalue weighted by atomic mass is 32.1. The van der Waals surface area contributed by atoms with Crippen molar-refractivity contribution < 1.29 is 15.1 Å². The van der Waals surface area contributed by atoms with Gasteiger partial charge in [-0.1, -0.05) is 151 Å². The minimum Gasteiger partial charge on any atom is -0.208 e. The highest BCUT2D eigenvalue weighted by molar-refractivity contribution is 7.25. The van der Waals surface area contributed by atoms with Crippen molar-refractivity contribution >= 4 is 31.5 Å². The van der Waals surface area contributed by atoms with Gasteiger partial charge in [0.05, 0.1) is 15.1 Å². The van der Waals surface area contributed by atoms with Crippen LogP contribution in [0, 0.1) is 0 Å². The number of aromatic nitrogens is 3. The summed E-state index contributed by atoms with van der Waals surface area (Å²) in [6.07, 6.45) is 0. The molecule has 0 saturated carbocycles. The van der Waals surface area contributed by atoms with Crippen LogP contribution in [0.5, 0.6) is 0 Å². The van der Waals surface area contributed by atoms with Crippen LogP contribution in [0.3, 0.4) is 0 Å². The number of benzene rings is 7. The minimum atomic E-state index is -0.612. The first-order valence-electron chi connectivity index (χ1n) is 21.0. The van der Waals surface area contributed by atoms with Gasteiger partial charge in [-0.15, -0.1) is 11.3 Å². The fourth-order valence-corrected chi connectivity index (χ4v) is 6.63. The first kappa shape index (κ1) is 19.6. The van der Waals surface area contributed by atoms with E-state index >= 15 is 0 Å². The lowest BCUT2D eigenvalue weighted by atomic mass is 10.0. The molecule has 0 fully saturated rings. The van der Waals surface area contributed by atoms with E-state index in [1.54, 1.807) is 0 Å². The summed E-state index contributed by atoms with van der Waals surface area (Å²) in [6, 6.07) is 29.3. The summed E-state index contributed by atoms with van der Waals surface area (Å²) in [5.41, 5.74) is 4.12. The maximum Gasteiger partial charge on any atom is 0.164 e. The van der Waals surface area contributed by atoms with Gasteiger partial charge in [0.25, 0.3) is 0 Å². The third kappa shape index (κ3) is 5.69. The normalized spacial score (nSPS) is 14.4. The molecule has 0 aliphatic carbocycles. The van der Waals surface area contributed by atoms with Crippen molar-refractivity contribution in [2.75, 3.05) is 0 Å². The minimum absolute atomic E-state index is 0.00925. The van der Waals surface area contributed by atoms with Crippen LogP contribution in [-0.2, 0) is 0 Å². The molecule has 0 bridgehead atoms. The van der Waals surface area contributed by atoms with Crippen LogP contribution in [-0.4, -0.2) is 15.0 Å². The second-order valence-electron chi connectivity index (χ2n) is 11.2. The highest BCUT2D eigenvalue weighted by Gasteiger charge is 2.15. The van der Waals surface area contributed by atoms with E-state index in [-0.39, 0.29) is 66.4 Å². The third-order valence-corrected chi connectivity index (χ3v) is 9.12. The van der Waals surface area contributed by atoms with E-state index in [9.17, 15) is 2.74 Å². The predicted molar refractivity (Wildman–Crippen MR) is 205 cm³/mol. The molecule has 0 aliphatic heterocycles. The van der Waals surface area contributed by atoms with Gasteiger partial charge in [0.1, 0.15) is 0 Å². The van der Waals surface area contributed by atoms with Crippen molar-refractivity contribution in [2.45, 2.75) is 0 Å². The lowest BCUT2D eigenvalue weighted by molar-refractivity contribution is 1.07. The smallest absolute Gasteiger partial charge is 0.164 e. The molecule has 3 nitrogen and oxygen atoms in total. The second kappa shape index (κ2) is 12.4. The molecule has 2 heterocycles. The Kier molecular flexibility index (Phi) is 4.96. The lowest BCUT2D eigenvalue weighted by Gasteiger charge is -2.11. The first-order valence-corrected chi connectivity index (χ1v) is 16.3. The number of fused-ring (bicyclic) bond motifs is 3. The Morgan fingerprint density at radius 1 is 0.367 bits per heavy atom. The molecular weight excluding hydrogens is 615 g/mol. The van der Waals surface area contributed by atoms with Crippen molar-refractivity contribution in [3.05, 3.63) is 176 Å². The van der Waals surface area contributed by atoms with E-state index < -0.39 is 54.4 Å². The van der Waals surface area contributed by atoms with Gasteiger partial charge in [-0.05, 0) is 57.6 Å². The van der Waals surface area contributed by atoms with Gasteiger partial charge in [0, 0.05) is 36.9 Å². The largest absolute Gasteiger partial charge is 0.208 e. The number of hydrogen-bond acceptors (Lipinski definition) is 4. The van der Waals surface area contributed by atoms with Gasteiger partial charge in [-0.25, -0.2) is 15.0 Å². The average Bonchev–Trinajstić information content (AvgIpc) is 3.69. The Morgan fingerprint density at radius 3 is 1.69 bits per heavy atom. The van der Waals surface area contributed by atoms with E-state index in [2.05, 4.69) is 0 Å². The zero-order valence-electron chi connectivity index (χ0n) is 36.6. The van der Waals surface area contributed by atoms with Crippen molar-refractivity contribution in [3.63, 3.8) is 0 Å². The maximum atomic E-state index is 9.57. The molecule has 0 atom stereocenters. The summed E-state index contributed by atoms with van der Waals surface area (Å²) in [5.74, 6) is 0.279. The maximum absolute atomic E-state index is 9.57. The molecule has 0 saturated heterocycles. The van der Waals surface area contributed by atoms with Crippen LogP contribution in [0.1, 0.15) is 15.1 Å². The Morgan fingerprint density at radius 2 is 0.918 bits per heavy atom. The number of nitrogens with zero attached hydrogens (tertiary/aromatic N) is 3. The molecule has 9 rings (SSSR count). The summed E-state index contributed by atoms with van der Waals surface area (Å²) in [4.78, 5) is 14.4. The van der Waals surface area contributed by atoms with Crippen molar-refractivity contribution in [3.8, 4) is 67.5 Å². The van der Waals surface area contributed by atoms with E-state index in [0.717, 1.165) is 33.6 Å². The Balaban J connectivity index is 1.29. The van der Waals surface area contributed by atoms with Crippen LogP contribution in [0.25, 0.3) is 87.7 Å². The molecule has 0 amide bonds. The van der Waals surface area contributed by atoms with Crippen molar-refractivity contribution in [1.29, 1.82) is 0 Å². The van der Waals surface area contributed by atoms with Crippen LogP contribution >= 0.6 is 11.3 Å². The number of rotatable bonds is 6. The van der Waals surface area contributed by atoms with Gasteiger partial charge in [0.15, 0.2) is 17.5 Å². The molecule has 2 aromatic heterocycles. The Labute approximate surface area is 304 Å². The van der Waals surface area contributed by atoms with Gasteiger partial charge in [-0.2, -0.15) is 0 Å². The molecule has 7 aromatic carbocycles. The Bertz CT molecular complexity index is 3210. The lowest BCUT2D eigenvalue weighted by Crippen LogP contribution is -2.00. The average molecular weight is 655 g/mol. The highest BCUT2D eigenvalue weighted by Crippen LogP contribution is 2.37. The summed E-state index contributed by atoms with van der Waals surface area (Å²) in [7, 11) is 0. The molecule has 230 valence electrons. The van der Waals surface area contributed by atoms with Gasteiger partial charge < -0.3 is 0 Å². The molecule has 0 unspecified atom stereocenters. The second-order valence-corrected chi connectivity index (χ2v) is 12.2. The fourth-order valence-electron chi connectivity index (χ4n) is 5.66. The quantitative estimate of drug-likeness (QED) is 0.179. The van der Waals surface area contributed by atoms with E-state index in [1.807, 2.05) is 109 Å². The van der Waals surface area contributed by atoms with E-state index in [4.69, 9.17) is 27.3 Å². The summed E-state index contributed by atoms with van der Waals surface area (Å²) in [5, 5.41) is 0.00325. The van der Waals surface area contributed by atoms with E-state index in [0.29, 0.717) is 11.1 Å². The van der Waals surface area contributed by atoms with Crippen LogP contribution in [0.15, 0.2) is 176 Å². The molecule has 0 radical (unpaired) electrons. The summed E-state index contributed by atoms with van der Waals surface area (Å²) >= 11 is 0.860. The van der Waals surface area contributed by atoms with Crippen LogP contribution in [0.2, 0.25) is 0 Å². The molecule has 4 heteroatoms. The van der Waals surface area contributed by atoms with Gasteiger partial charge in [0.2, 0.25) is 0 Å². The predicted octanol–water partition coefficient (Wildman–Crippen LogP) is 12.2. The van der Waals surface area contributed by atoms with E-state index in [1.165, 1.54) is 0 Å². The monoisotopic (exact) mass is 654 g/mol. The molecule has 49 heavy (non-hydrogen) atoms. The molecule has 0 N–H and O–H groups in total. The zero-order valence-corrected chi connectivity index (χ0v) is 26.5. The Hall–Kier alpha value is -6.23. The van der Waals surface area contributed by atoms with Gasteiger partial charge in [-0.3, -0.25) is 0 Å². The molecule has 0 aliphatic rings. The zero-order chi connectivity index (χ0) is 42.1. The van der Waals surface area contributed by atoms with Crippen LogP contribution < -0.4 is 0 Å². The van der Waals surface area contributed by atoms with Crippen molar-refractivity contribution in [2.24, 2.45) is 0 Å². The standard InChI is InChI=1S/C45H29N3S/c1-3-11-30(12-4-1)32-21-23-33(24-22-32)43-46-44(37-17-9-15-34(27-37)31-13-5-2-6-14-31)48-45(47-43)38-18-10-16-35(28-38)36-25-26-40-39-19-7-8-20-41(39)49-42(40)29-36/h1-29H/i7D,8D,10D,16D,18D,19D,20D,25D,26D,28D,29D. The first-order chi connectivity index (χ1) is 28.8. The SMILES string of the molecule is [2H]c1c([2H])c(-c2nc(-c3ccc(-c4ccccc4)cc3)nc(-c3cccc(-c4ccccc4)c3)n2)c([2H])c(-c2c([2H])c([2H])c3c(sc4c([2H])c([2H])c([2H])c([2H])c43)c2[2H])c1[2H]. The number of thiophene rings is 1. The fraction of sp³-hybridized carbons (Fsp3) is 0. The molecule has 9 aromatic rings. The number of hydrogen-bond donors (Lipinski definition) is 0. The van der Waals surface area contributed by atoms with Crippen LogP contribution in [0.4, 0.5) is 0 Å². The summed E-state index contributed by atoms with van der Waals surface area (Å²) < 4.78 is 97.8. The third-order valence-electron chi connectivity index (χ3n) is 8.10. The molecular formula is C45H29N3S. The summed E-state index contributed by atoms with van der Waals surface area (Å²) in [6.45, 7) is 0. The van der Waals surface area contributed by atoms with Crippen molar-refractivity contribution in [1.82, 2.24) is 15.0 Å².